The van der Waals surface area contributed by atoms with Crippen LogP contribution in [-0.4, -0.2) is 29.2 Å². The summed E-state index contributed by atoms with van der Waals surface area (Å²) in [5, 5.41) is 14.0. The number of nitrogens with one attached hydrogen (secondary N) is 2. The van der Waals surface area contributed by atoms with Crippen LogP contribution in [0.3, 0.4) is 0 Å². The first-order valence-electron chi connectivity index (χ1n) is 7.97. The number of H-pyrrole nitrogens is 1. The summed E-state index contributed by atoms with van der Waals surface area (Å²) in [6, 6.07) is 15.1. The maximum absolute atomic E-state index is 11.8. The fourth-order valence-corrected chi connectivity index (χ4v) is 4.66. The number of carbonyl (C=O) groups is 1. The van der Waals surface area contributed by atoms with Crippen LogP contribution in [-0.2, 0) is 14.8 Å². The van der Waals surface area contributed by atoms with Crippen LogP contribution >= 0.6 is 22.6 Å². The van der Waals surface area contributed by atoms with E-state index in [1.54, 1.807) is 7.11 Å². The molecule has 0 saturated carbocycles. The Morgan fingerprint density at radius 3 is 2.84 bits per heavy atom. The van der Waals surface area contributed by atoms with E-state index in [4.69, 9.17) is 4.74 Å². The lowest BCUT2D eigenvalue weighted by molar-refractivity contribution is -0.139. The molecular formula is C19H17IN2O3. The van der Waals surface area contributed by atoms with Crippen LogP contribution in [0.5, 0.6) is 5.75 Å². The molecule has 0 amide bonds. The Hall–Kier alpha value is -2.06. The summed E-state index contributed by atoms with van der Waals surface area (Å²) in [4.78, 5) is 15.3. The van der Waals surface area contributed by atoms with Gasteiger partial charge in [0, 0.05) is 17.3 Å². The van der Waals surface area contributed by atoms with Crippen LogP contribution in [0.1, 0.15) is 16.8 Å². The normalized spacial score (nSPS) is 22.6. The minimum absolute atomic E-state index is 0.448. The van der Waals surface area contributed by atoms with Crippen LogP contribution in [0.25, 0.3) is 10.9 Å². The van der Waals surface area contributed by atoms with Gasteiger partial charge in [-0.1, -0.05) is 30.3 Å². The van der Waals surface area contributed by atoms with Gasteiger partial charge in [-0.25, -0.2) is 0 Å². The SMILES string of the molecule is COc1cccc(C2(I)NC(C(=O)O)Cc3c2[nH]c2ccccc32)c1. The third-order valence-electron chi connectivity index (χ3n) is 4.71. The summed E-state index contributed by atoms with van der Waals surface area (Å²) in [5.74, 6) is -0.106. The van der Waals surface area contributed by atoms with Crippen molar-refractivity contribution in [1.29, 1.82) is 0 Å². The van der Waals surface area contributed by atoms with Crippen molar-refractivity contribution in [3.63, 3.8) is 0 Å². The molecule has 1 aliphatic rings. The lowest BCUT2D eigenvalue weighted by Crippen LogP contribution is -2.53. The predicted molar refractivity (Wildman–Crippen MR) is 104 cm³/mol. The maximum atomic E-state index is 11.8. The molecule has 0 spiro atoms. The van der Waals surface area contributed by atoms with Gasteiger partial charge in [-0.2, -0.15) is 0 Å². The van der Waals surface area contributed by atoms with Crippen molar-refractivity contribution in [2.45, 2.75) is 16.0 Å². The highest BCUT2D eigenvalue weighted by Crippen LogP contribution is 2.44. The molecule has 1 aliphatic heterocycles. The van der Waals surface area contributed by atoms with E-state index in [1.807, 2.05) is 48.5 Å². The van der Waals surface area contributed by atoms with Gasteiger partial charge in [0.05, 0.1) is 12.8 Å². The van der Waals surface area contributed by atoms with E-state index < -0.39 is 15.6 Å². The average molecular weight is 448 g/mol. The number of carboxylic acid groups (broad SMARTS) is 1. The molecule has 5 nitrogen and oxygen atoms in total. The van der Waals surface area contributed by atoms with E-state index in [2.05, 4.69) is 32.9 Å². The molecule has 2 atom stereocenters. The molecule has 1 aromatic heterocycles. The first-order valence-corrected chi connectivity index (χ1v) is 9.05. The second-order valence-electron chi connectivity index (χ2n) is 6.15. The smallest absolute Gasteiger partial charge is 0.321 e. The number of aromatic amines is 1. The minimum atomic E-state index is -0.847. The van der Waals surface area contributed by atoms with Crippen molar-refractivity contribution in [2.75, 3.05) is 7.11 Å². The molecule has 0 radical (unpaired) electrons. The summed E-state index contributed by atoms with van der Waals surface area (Å²) in [5.41, 5.74) is 4.02. The molecule has 0 fully saturated rings. The van der Waals surface area contributed by atoms with Gasteiger partial charge in [-0.05, 0) is 51.9 Å². The molecule has 2 unspecified atom stereocenters. The number of ether oxygens (including phenoxy) is 1. The van der Waals surface area contributed by atoms with Gasteiger partial charge in [-0.15, -0.1) is 0 Å². The number of benzene rings is 2. The summed E-state index contributed by atoms with van der Waals surface area (Å²) in [6.07, 6.45) is 0.448. The number of hydrogen-bond acceptors (Lipinski definition) is 3. The fraction of sp³-hybridized carbons (Fsp3) is 0.211. The lowest BCUT2D eigenvalue weighted by atomic mass is 9.90. The molecule has 0 bridgehead atoms. The van der Waals surface area contributed by atoms with Gasteiger partial charge < -0.3 is 14.8 Å². The zero-order valence-corrected chi connectivity index (χ0v) is 15.7. The van der Waals surface area contributed by atoms with E-state index in [0.717, 1.165) is 33.5 Å². The number of hydrogen-bond donors (Lipinski definition) is 3. The minimum Gasteiger partial charge on any atom is -0.497 e. The van der Waals surface area contributed by atoms with Crippen molar-refractivity contribution in [3.05, 3.63) is 65.4 Å². The zero-order chi connectivity index (χ0) is 17.6. The standard InChI is InChI=1S/C19H17IN2O3/c1-25-12-6-4-5-11(9-12)19(20)17-14(10-16(22-19)18(23)24)13-7-2-3-8-15(13)21-17/h2-9,16,21-22H,10H2,1H3,(H,23,24). The van der Waals surface area contributed by atoms with E-state index in [1.165, 1.54) is 0 Å². The third kappa shape index (κ3) is 2.60. The van der Waals surface area contributed by atoms with Crippen molar-refractivity contribution in [3.8, 4) is 5.75 Å². The molecule has 128 valence electrons. The van der Waals surface area contributed by atoms with Crippen molar-refractivity contribution in [1.82, 2.24) is 10.3 Å². The quantitative estimate of drug-likeness (QED) is 0.326. The Kier molecular flexibility index (Phi) is 3.96. The number of aliphatic carboxylic acids is 1. The number of rotatable bonds is 3. The second-order valence-corrected chi connectivity index (χ2v) is 7.77. The highest BCUT2D eigenvalue weighted by atomic mass is 127. The van der Waals surface area contributed by atoms with Crippen molar-refractivity contribution >= 4 is 39.5 Å². The molecule has 4 rings (SSSR count). The second kappa shape index (κ2) is 6.03. The number of alkyl halides is 1. The highest BCUT2D eigenvalue weighted by Gasteiger charge is 2.43. The molecule has 3 N–H and O–H groups in total. The zero-order valence-electron chi connectivity index (χ0n) is 13.5. The Morgan fingerprint density at radius 2 is 2.08 bits per heavy atom. The van der Waals surface area contributed by atoms with E-state index in [0.29, 0.717) is 6.42 Å². The molecule has 2 heterocycles. The van der Waals surface area contributed by atoms with Gasteiger partial charge in [-0.3, -0.25) is 10.1 Å². The number of halogens is 1. The van der Waals surface area contributed by atoms with Crippen LogP contribution in [0, 0.1) is 0 Å². The van der Waals surface area contributed by atoms with Crippen LogP contribution in [0.4, 0.5) is 0 Å². The number of carboxylic acids is 1. The first kappa shape index (κ1) is 16.4. The Labute approximate surface area is 158 Å². The van der Waals surface area contributed by atoms with E-state index in [-0.39, 0.29) is 0 Å². The Balaban J connectivity index is 1.96. The fourth-order valence-electron chi connectivity index (χ4n) is 3.49. The Bertz CT molecular complexity index is 968. The highest BCUT2D eigenvalue weighted by molar-refractivity contribution is 14.1. The van der Waals surface area contributed by atoms with Crippen LogP contribution in [0.2, 0.25) is 0 Å². The monoisotopic (exact) mass is 448 g/mol. The van der Waals surface area contributed by atoms with Gasteiger partial charge in [0.1, 0.15) is 15.3 Å². The lowest BCUT2D eigenvalue weighted by Gasteiger charge is -2.37. The average Bonchev–Trinajstić information content (AvgIpc) is 3.01. The molecule has 25 heavy (non-hydrogen) atoms. The molecule has 6 heteroatoms. The van der Waals surface area contributed by atoms with E-state index >= 15 is 0 Å². The molecular weight excluding hydrogens is 431 g/mol. The number of methoxy groups -OCH3 is 1. The largest absolute Gasteiger partial charge is 0.497 e. The van der Waals surface area contributed by atoms with Crippen molar-refractivity contribution in [2.24, 2.45) is 0 Å². The van der Waals surface area contributed by atoms with Crippen molar-refractivity contribution < 1.29 is 14.6 Å². The summed E-state index contributed by atoms with van der Waals surface area (Å²) >= 11 is 2.30. The maximum Gasteiger partial charge on any atom is 0.321 e. The topological polar surface area (TPSA) is 74.3 Å². The third-order valence-corrected chi connectivity index (χ3v) is 6.18. The number of fused-ring (bicyclic) bond motifs is 3. The predicted octanol–water partition coefficient (Wildman–Crippen LogP) is 3.41. The first-order chi connectivity index (χ1) is 12.0. The number of aromatic nitrogens is 1. The van der Waals surface area contributed by atoms with Gasteiger partial charge in [0.2, 0.25) is 0 Å². The summed E-state index contributed by atoms with van der Waals surface area (Å²) < 4.78 is 4.68. The molecule has 0 saturated heterocycles. The summed E-state index contributed by atoms with van der Waals surface area (Å²) in [7, 11) is 1.63. The van der Waals surface area contributed by atoms with Crippen LogP contribution in [0.15, 0.2) is 48.5 Å². The van der Waals surface area contributed by atoms with Crippen LogP contribution < -0.4 is 10.1 Å². The Morgan fingerprint density at radius 1 is 1.28 bits per heavy atom. The molecule has 2 aromatic carbocycles. The summed E-state index contributed by atoms with van der Waals surface area (Å²) in [6.45, 7) is 0. The van der Waals surface area contributed by atoms with Gasteiger partial charge in [0.15, 0.2) is 0 Å². The molecule has 0 aliphatic carbocycles. The number of para-hydroxylation sites is 1. The van der Waals surface area contributed by atoms with E-state index in [9.17, 15) is 9.90 Å². The van der Waals surface area contributed by atoms with Gasteiger partial charge >= 0.3 is 5.97 Å². The van der Waals surface area contributed by atoms with Gasteiger partial charge in [0.25, 0.3) is 0 Å². The molecule has 3 aromatic rings.